The Hall–Kier alpha value is -2.27. The Balaban J connectivity index is 2.00. The van der Waals surface area contributed by atoms with Crippen LogP contribution in [0.25, 0.3) is 0 Å². The van der Waals surface area contributed by atoms with Crippen molar-refractivity contribution in [1.29, 1.82) is 0 Å². The van der Waals surface area contributed by atoms with E-state index in [1.54, 1.807) is 0 Å². The molecule has 2 rings (SSSR count). The second kappa shape index (κ2) is 8.55. The molecule has 0 saturated heterocycles. The summed E-state index contributed by atoms with van der Waals surface area (Å²) in [6, 6.07) is 11.7. The highest BCUT2D eigenvalue weighted by Crippen LogP contribution is 2.16. The quantitative estimate of drug-likeness (QED) is 0.562. The highest BCUT2D eigenvalue weighted by atomic mass is 16.3. The molecule has 0 fully saturated rings. The van der Waals surface area contributed by atoms with Crippen molar-refractivity contribution in [3.8, 4) is 0 Å². The number of nitrogens with one attached hydrogen (secondary N) is 2. The van der Waals surface area contributed by atoms with Crippen LogP contribution in [0, 0.1) is 13.8 Å². The van der Waals surface area contributed by atoms with Crippen LogP contribution in [-0.2, 0) is 0 Å². The van der Waals surface area contributed by atoms with E-state index in [1.165, 1.54) is 5.56 Å². The van der Waals surface area contributed by atoms with E-state index in [4.69, 9.17) is 4.42 Å². The molecule has 0 amide bonds. The molecular formula is C19H27N3O2. The molecule has 130 valence electrons. The summed E-state index contributed by atoms with van der Waals surface area (Å²) in [5.41, 5.74) is 2.04. The summed E-state index contributed by atoms with van der Waals surface area (Å²) in [6.45, 7) is 9.02. The molecule has 24 heavy (non-hydrogen) atoms. The van der Waals surface area contributed by atoms with E-state index in [1.807, 2.05) is 64.1 Å². The van der Waals surface area contributed by atoms with E-state index in [0.29, 0.717) is 12.5 Å². The predicted molar refractivity (Wildman–Crippen MR) is 97.1 cm³/mol. The molecule has 1 aromatic heterocycles. The Morgan fingerprint density at radius 2 is 1.88 bits per heavy atom. The molecule has 3 N–H and O–H groups in total. The van der Waals surface area contributed by atoms with E-state index in [9.17, 15) is 5.11 Å². The van der Waals surface area contributed by atoms with Crippen molar-refractivity contribution in [2.45, 2.75) is 39.8 Å². The lowest BCUT2D eigenvalue weighted by atomic mass is 10.1. The molecule has 0 saturated carbocycles. The maximum atomic E-state index is 10.3. The lowest BCUT2D eigenvalue weighted by molar-refractivity contribution is 0.187. The summed E-state index contributed by atoms with van der Waals surface area (Å²) < 4.78 is 5.64. The molecular weight excluding hydrogens is 302 g/mol. The molecule has 0 radical (unpaired) electrons. The Kier molecular flexibility index (Phi) is 6.44. The van der Waals surface area contributed by atoms with Crippen LogP contribution in [-0.4, -0.2) is 24.2 Å². The van der Waals surface area contributed by atoms with Crippen LogP contribution in [0.4, 0.5) is 0 Å². The number of aliphatic imine (C=N–C) groups is 1. The fraction of sp³-hybridized carbons (Fsp3) is 0.421. The van der Waals surface area contributed by atoms with Crippen molar-refractivity contribution < 1.29 is 9.52 Å². The molecule has 5 nitrogen and oxygen atoms in total. The molecule has 0 aliphatic carbocycles. The Morgan fingerprint density at radius 1 is 1.17 bits per heavy atom. The lowest BCUT2D eigenvalue weighted by Crippen LogP contribution is -2.39. The van der Waals surface area contributed by atoms with Gasteiger partial charge in [-0.2, -0.15) is 0 Å². The number of aliphatic hydroxyl groups is 1. The molecule has 2 unspecified atom stereocenters. The molecule has 0 aliphatic heterocycles. The predicted octanol–water partition coefficient (Wildman–Crippen LogP) is 3.25. The number of hydrogen-bond donors (Lipinski definition) is 3. The number of furan rings is 1. The molecule has 1 heterocycles. The van der Waals surface area contributed by atoms with Crippen LogP contribution in [0.2, 0.25) is 0 Å². The summed E-state index contributed by atoms with van der Waals surface area (Å²) in [5.74, 6) is 2.40. The molecule has 2 aromatic rings. The number of aliphatic hydroxyl groups excluding tert-OH is 1. The van der Waals surface area contributed by atoms with Crippen LogP contribution in [0.3, 0.4) is 0 Å². The Bertz CT molecular complexity index is 662. The maximum absolute atomic E-state index is 10.3. The van der Waals surface area contributed by atoms with Gasteiger partial charge in [0.05, 0.1) is 18.7 Å². The highest BCUT2D eigenvalue weighted by Gasteiger charge is 2.12. The third-order valence-electron chi connectivity index (χ3n) is 3.77. The zero-order valence-corrected chi connectivity index (χ0v) is 14.8. The third-order valence-corrected chi connectivity index (χ3v) is 3.77. The van der Waals surface area contributed by atoms with Gasteiger partial charge < -0.3 is 20.2 Å². The fourth-order valence-electron chi connectivity index (χ4n) is 2.35. The van der Waals surface area contributed by atoms with Gasteiger partial charge in [-0.15, -0.1) is 0 Å². The van der Waals surface area contributed by atoms with Gasteiger partial charge in [-0.25, -0.2) is 0 Å². The van der Waals surface area contributed by atoms with E-state index >= 15 is 0 Å². The van der Waals surface area contributed by atoms with Gasteiger partial charge >= 0.3 is 0 Å². The zero-order valence-electron chi connectivity index (χ0n) is 14.8. The Labute approximate surface area is 143 Å². The smallest absolute Gasteiger partial charge is 0.191 e. The van der Waals surface area contributed by atoms with Crippen LogP contribution in [0.15, 0.2) is 45.8 Å². The van der Waals surface area contributed by atoms with Crippen LogP contribution in [0.5, 0.6) is 0 Å². The number of rotatable bonds is 6. The van der Waals surface area contributed by atoms with Gasteiger partial charge in [-0.1, -0.05) is 29.8 Å². The van der Waals surface area contributed by atoms with Crippen molar-refractivity contribution >= 4 is 5.96 Å². The number of nitrogens with zero attached hydrogens (tertiary/aromatic N) is 1. The molecule has 0 bridgehead atoms. The second-order valence-electron chi connectivity index (χ2n) is 5.96. The monoisotopic (exact) mass is 329 g/mol. The standard InChI is InChI=1S/C19H27N3O2/c1-5-20-19(22-15(4)18-11-8-14(3)24-18)21-12-17(23)16-9-6-13(2)7-10-16/h6-11,15,17,23H,5,12H2,1-4H3,(H2,20,21,22). The summed E-state index contributed by atoms with van der Waals surface area (Å²) >= 11 is 0. The van der Waals surface area contributed by atoms with E-state index in [0.717, 1.165) is 23.6 Å². The van der Waals surface area contributed by atoms with Gasteiger partial charge in [-0.3, -0.25) is 4.99 Å². The summed E-state index contributed by atoms with van der Waals surface area (Å²) in [4.78, 5) is 4.49. The van der Waals surface area contributed by atoms with Gasteiger partial charge in [0.15, 0.2) is 5.96 Å². The van der Waals surface area contributed by atoms with Crippen molar-refractivity contribution in [1.82, 2.24) is 10.6 Å². The van der Waals surface area contributed by atoms with Gasteiger partial charge in [-0.05, 0) is 45.4 Å². The third kappa shape index (κ3) is 5.13. The highest BCUT2D eigenvalue weighted by molar-refractivity contribution is 5.80. The van der Waals surface area contributed by atoms with Gasteiger partial charge in [0.25, 0.3) is 0 Å². The van der Waals surface area contributed by atoms with Crippen molar-refractivity contribution in [2.75, 3.05) is 13.1 Å². The normalized spacial score (nSPS) is 14.3. The zero-order chi connectivity index (χ0) is 17.5. The number of hydrogen-bond acceptors (Lipinski definition) is 3. The first-order chi connectivity index (χ1) is 11.5. The van der Waals surface area contributed by atoms with E-state index < -0.39 is 6.10 Å². The number of guanidine groups is 1. The first-order valence-electron chi connectivity index (χ1n) is 8.35. The fourth-order valence-corrected chi connectivity index (χ4v) is 2.35. The molecule has 5 heteroatoms. The maximum Gasteiger partial charge on any atom is 0.191 e. The molecule has 0 aliphatic rings. The number of benzene rings is 1. The lowest BCUT2D eigenvalue weighted by Gasteiger charge is -2.17. The first kappa shape index (κ1) is 18.1. The molecule has 2 atom stereocenters. The van der Waals surface area contributed by atoms with E-state index in [2.05, 4.69) is 15.6 Å². The van der Waals surface area contributed by atoms with E-state index in [-0.39, 0.29) is 6.04 Å². The summed E-state index contributed by atoms with van der Waals surface area (Å²) in [6.07, 6.45) is -0.623. The van der Waals surface area contributed by atoms with Gasteiger partial charge in [0.2, 0.25) is 0 Å². The topological polar surface area (TPSA) is 69.8 Å². The minimum atomic E-state index is -0.623. The first-order valence-corrected chi connectivity index (χ1v) is 8.35. The summed E-state index contributed by atoms with van der Waals surface area (Å²) in [7, 11) is 0. The summed E-state index contributed by atoms with van der Waals surface area (Å²) in [5, 5.41) is 16.8. The average Bonchev–Trinajstić information content (AvgIpc) is 3.00. The van der Waals surface area contributed by atoms with Gasteiger partial charge in [0, 0.05) is 6.54 Å². The average molecular weight is 329 g/mol. The molecule has 1 aromatic carbocycles. The SMILES string of the molecule is CCNC(=NCC(O)c1ccc(C)cc1)NC(C)c1ccc(C)o1. The van der Waals surface area contributed by atoms with Crippen molar-refractivity contribution in [3.05, 3.63) is 59.0 Å². The molecule has 0 spiro atoms. The van der Waals surface area contributed by atoms with Crippen molar-refractivity contribution in [2.24, 2.45) is 4.99 Å². The largest absolute Gasteiger partial charge is 0.464 e. The minimum Gasteiger partial charge on any atom is -0.464 e. The minimum absolute atomic E-state index is 0.00647. The van der Waals surface area contributed by atoms with Crippen LogP contribution < -0.4 is 10.6 Å². The second-order valence-corrected chi connectivity index (χ2v) is 5.96. The number of aryl methyl sites for hydroxylation is 2. The van der Waals surface area contributed by atoms with Crippen molar-refractivity contribution in [3.63, 3.8) is 0 Å². The van der Waals surface area contributed by atoms with Gasteiger partial charge in [0.1, 0.15) is 11.5 Å². The van der Waals surface area contributed by atoms with Crippen LogP contribution >= 0.6 is 0 Å². The van der Waals surface area contributed by atoms with Crippen LogP contribution in [0.1, 0.15) is 48.6 Å². The Morgan fingerprint density at radius 3 is 2.46 bits per heavy atom.